The van der Waals surface area contributed by atoms with E-state index in [1.54, 1.807) is 0 Å². The highest BCUT2D eigenvalue weighted by Gasteiger charge is 2.21. The summed E-state index contributed by atoms with van der Waals surface area (Å²) in [6.45, 7) is 5.64. The summed E-state index contributed by atoms with van der Waals surface area (Å²) in [4.78, 5) is 16.1. The van der Waals surface area contributed by atoms with E-state index in [9.17, 15) is 4.79 Å². The molecule has 4 nitrogen and oxygen atoms in total. The molecule has 0 unspecified atom stereocenters. The van der Waals surface area contributed by atoms with Crippen LogP contribution in [0, 0.1) is 0 Å². The highest BCUT2D eigenvalue weighted by molar-refractivity contribution is 5.97. The van der Waals surface area contributed by atoms with E-state index in [4.69, 9.17) is 4.74 Å². The van der Waals surface area contributed by atoms with Crippen LogP contribution in [0.1, 0.15) is 42.3 Å². The van der Waals surface area contributed by atoms with Crippen molar-refractivity contribution < 1.29 is 9.53 Å². The van der Waals surface area contributed by atoms with Crippen LogP contribution in [0.2, 0.25) is 0 Å². The number of ether oxygens (including phenoxy) is 1. The fourth-order valence-electron chi connectivity index (χ4n) is 3.58. The van der Waals surface area contributed by atoms with E-state index in [1.165, 1.54) is 11.1 Å². The van der Waals surface area contributed by atoms with Gasteiger partial charge >= 0.3 is 5.97 Å². The number of benzene rings is 3. The Morgan fingerprint density at radius 2 is 1.68 bits per heavy atom. The van der Waals surface area contributed by atoms with Crippen LogP contribution in [0.15, 0.2) is 79.0 Å². The number of anilines is 2. The van der Waals surface area contributed by atoms with Gasteiger partial charge in [0.25, 0.3) is 0 Å². The number of nitrogens with one attached hydrogen (secondary N) is 2. The van der Waals surface area contributed by atoms with E-state index in [0.717, 1.165) is 35.1 Å². The standard InChI is InChI=1S/C27H28N2O2/c1-27(2,3)31-26(30)23-13-11-20(10-9-19-7-5-4-6-8-19)17-25(23)29-22-12-14-24-21(18-22)15-16-28-24/h4-8,11-18,28-29H,9-10H2,1-3H3. The summed E-state index contributed by atoms with van der Waals surface area (Å²) < 4.78 is 5.65. The largest absolute Gasteiger partial charge is 0.456 e. The van der Waals surface area contributed by atoms with Gasteiger partial charge in [-0.3, -0.25) is 0 Å². The lowest BCUT2D eigenvalue weighted by molar-refractivity contribution is 0.00707. The molecule has 0 aliphatic heterocycles. The van der Waals surface area contributed by atoms with Gasteiger partial charge in [-0.1, -0.05) is 36.4 Å². The molecule has 1 aromatic heterocycles. The summed E-state index contributed by atoms with van der Waals surface area (Å²) in [7, 11) is 0. The van der Waals surface area contributed by atoms with Crippen LogP contribution in [0.5, 0.6) is 0 Å². The number of fused-ring (bicyclic) bond motifs is 1. The molecule has 0 radical (unpaired) electrons. The lowest BCUT2D eigenvalue weighted by Crippen LogP contribution is -2.24. The molecule has 0 saturated carbocycles. The monoisotopic (exact) mass is 412 g/mol. The van der Waals surface area contributed by atoms with Gasteiger partial charge in [0.15, 0.2) is 0 Å². The number of hydrogen-bond acceptors (Lipinski definition) is 3. The minimum Gasteiger partial charge on any atom is -0.456 e. The van der Waals surface area contributed by atoms with Crippen molar-refractivity contribution in [2.24, 2.45) is 0 Å². The smallest absolute Gasteiger partial charge is 0.340 e. The highest BCUT2D eigenvalue weighted by atomic mass is 16.6. The molecule has 0 spiro atoms. The summed E-state index contributed by atoms with van der Waals surface area (Å²) in [5.41, 5.74) is 5.21. The Morgan fingerprint density at radius 3 is 2.45 bits per heavy atom. The molecule has 4 heteroatoms. The normalized spacial score (nSPS) is 11.5. The molecule has 0 amide bonds. The van der Waals surface area contributed by atoms with Gasteiger partial charge in [-0.15, -0.1) is 0 Å². The van der Waals surface area contributed by atoms with Crippen molar-refractivity contribution in [3.63, 3.8) is 0 Å². The Labute approximate surface area is 183 Å². The van der Waals surface area contributed by atoms with Crippen LogP contribution in [-0.4, -0.2) is 16.6 Å². The van der Waals surface area contributed by atoms with Crippen molar-refractivity contribution in [3.8, 4) is 0 Å². The third-order valence-electron chi connectivity index (χ3n) is 5.08. The lowest BCUT2D eigenvalue weighted by Gasteiger charge is -2.21. The van der Waals surface area contributed by atoms with Gasteiger partial charge in [0.05, 0.1) is 11.3 Å². The van der Waals surface area contributed by atoms with Crippen LogP contribution in [-0.2, 0) is 17.6 Å². The Balaban J connectivity index is 1.62. The molecule has 1 heterocycles. The van der Waals surface area contributed by atoms with Gasteiger partial charge in [0, 0.05) is 22.8 Å². The number of aromatic amines is 1. The number of carbonyl (C=O) groups excluding carboxylic acids is 1. The number of esters is 1. The molecule has 0 bridgehead atoms. The fourth-order valence-corrected chi connectivity index (χ4v) is 3.58. The predicted molar refractivity (Wildman–Crippen MR) is 127 cm³/mol. The van der Waals surface area contributed by atoms with Gasteiger partial charge in [-0.05, 0) is 81.1 Å². The first-order valence-electron chi connectivity index (χ1n) is 10.6. The van der Waals surface area contributed by atoms with Crippen molar-refractivity contribution in [2.45, 2.75) is 39.2 Å². The number of aryl methyl sites for hydroxylation is 2. The molecular weight excluding hydrogens is 384 g/mol. The van der Waals surface area contributed by atoms with Gasteiger partial charge < -0.3 is 15.0 Å². The van der Waals surface area contributed by atoms with Crippen molar-refractivity contribution in [3.05, 3.63) is 95.7 Å². The van der Waals surface area contributed by atoms with E-state index in [2.05, 4.69) is 46.7 Å². The Morgan fingerprint density at radius 1 is 0.903 bits per heavy atom. The molecule has 158 valence electrons. The average Bonchev–Trinajstić information content (AvgIpc) is 3.20. The maximum Gasteiger partial charge on any atom is 0.340 e. The van der Waals surface area contributed by atoms with Crippen LogP contribution < -0.4 is 5.32 Å². The van der Waals surface area contributed by atoms with E-state index >= 15 is 0 Å². The molecule has 4 aromatic rings. The van der Waals surface area contributed by atoms with Gasteiger partial charge in [0.1, 0.15) is 5.60 Å². The highest BCUT2D eigenvalue weighted by Crippen LogP contribution is 2.27. The van der Waals surface area contributed by atoms with Gasteiger partial charge in [-0.25, -0.2) is 4.79 Å². The first-order chi connectivity index (χ1) is 14.9. The van der Waals surface area contributed by atoms with Crippen molar-refractivity contribution in [1.29, 1.82) is 0 Å². The first kappa shape index (κ1) is 20.7. The molecular formula is C27H28N2O2. The number of rotatable bonds is 6. The predicted octanol–water partition coefficient (Wildman–Crippen LogP) is 6.65. The maximum absolute atomic E-state index is 12.9. The zero-order valence-electron chi connectivity index (χ0n) is 18.2. The summed E-state index contributed by atoms with van der Waals surface area (Å²) in [6, 6.07) is 24.5. The molecule has 0 saturated heterocycles. The molecule has 0 atom stereocenters. The Kier molecular flexibility index (Phi) is 5.81. The molecule has 3 aromatic carbocycles. The van der Waals surface area contributed by atoms with E-state index in [1.807, 2.05) is 63.4 Å². The molecule has 0 aliphatic rings. The van der Waals surface area contributed by atoms with Gasteiger partial charge in [0.2, 0.25) is 0 Å². The van der Waals surface area contributed by atoms with Crippen molar-refractivity contribution in [1.82, 2.24) is 4.98 Å². The molecule has 0 fully saturated rings. The Bertz CT molecular complexity index is 1190. The molecule has 4 rings (SSSR count). The first-order valence-corrected chi connectivity index (χ1v) is 10.6. The van der Waals surface area contributed by atoms with E-state index in [0.29, 0.717) is 5.56 Å². The minimum absolute atomic E-state index is 0.327. The number of aromatic nitrogens is 1. The average molecular weight is 413 g/mol. The topological polar surface area (TPSA) is 54.1 Å². The van der Waals surface area contributed by atoms with Gasteiger partial charge in [-0.2, -0.15) is 0 Å². The zero-order chi connectivity index (χ0) is 21.8. The van der Waals surface area contributed by atoms with Crippen molar-refractivity contribution >= 4 is 28.2 Å². The minimum atomic E-state index is -0.551. The van der Waals surface area contributed by atoms with E-state index < -0.39 is 5.60 Å². The van der Waals surface area contributed by atoms with E-state index in [-0.39, 0.29) is 5.97 Å². The number of hydrogen-bond donors (Lipinski definition) is 2. The zero-order valence-corrected chi connectivity index (χ0v) is 18.2. The number of H-pyrrole nitrogens is 1. The third kappa shape index (κ3) is 5.34. The summed E-state index contributed by atoms with van der Waals surface area (Å²) in [5.74, 6) is -0.327. The second-order valence-electron chi connectivity index (χ2n) is 8.77. The summed E-state index contributed by atoms with van der Waals surface area (Å²) >= 11 is 0. The summed E-state index contributed by atoms with van der Waals surface area (Å²) in [6.07, 6.45) is 3.76. The van der Waals surface area contributed by atoms with Crippen LogP contribution in [0.4, 0.5) is 11.4 Å². The SMILES string of the molecule is CC(C)(C)OC(=O)c1ccc(CCc2ccccc2)cc1Nc1ccc2[nH]ccc2c1. The quantitative estimate of drug-likeness (QED) is 0.349. The second kappa shape index (κ2) is 8.68. The second-order valence-corrected chi connectivity index (χ2v) is 8.77. The number of carbonyl (C=O) groups is 1. The van der Waals surface area contributed by atoms with Crippen molar-refractivity contribution in [2.75, 3.05) is 5.32 Å². The fraction of sp³-hybridized carbons (Fsp3) is 0.222. The summed E-state index contributed by atoms with van der Waals surface area (Å²) in [5, 5.41) is 4.56. The maximum atomic E-state index is 12.9. The Hall–Kier alpha value is -3.53. The van der Waals surface area contributed by atoms with Crippen LogP contribution >= 0.6 is 0 Å². The lowest BCUT2D eigenvalue weighted by atomic mass is 10.0. The molecule has 31 heavy (non-hydrogen) atoms. The van der Waals surface area contributed by atoms with Crippen LogP contribution in [0.3, 0.4) is 0 Å². The van der Waals surface area contributed by atoms with Crippen LogP contribution in [0.25, 0.3) is 10.9 Å². The molecule has 2 N–H and O–H groups in total. The molecule has 0 aliphatic carbocycles. The third-order valence-corrected chi connectivity index (χ3v) is 5.08.